The Morgan fingerprint density at radius 1 is 1.28 bits per heavy atom. The number of hydrogen-bond acceptors (Lipinski definition) is 6. The summed E-state index contributed by atoms with van der Waals surface area (Å²) in [5, 5.41) is 11.8. The highest BCUT2D eigenvalue weighted by Crippen LogP contribution is 2.56. The quantitative estimate of drug-likeness (QED) is 0.517. The van der Waals surface area contributed by atoms with Gasteiger partial charge in [0, 0.05) is 50.9 Å². The van der Waals surface area contributed by atoms with Gasteiger partial charge in [0.15, 0.2) is 0 Å². The maximum Gasteiger partial charge on any atom is 0.296 e. The summed E-state index contributed by atoms with van der Waals surface area (Å²) in [5.74, 6) is 1.31. The van der Waals surface area contributed by atoms with Crippen LogP contribution in [0.3, 0.4) is 0 Å². The lowest BCUT2D eigenvalue weighted by atomic mass is 9.95. The van der Waals surface area contributed by atoms with E-state index < -0.39 is 14.9 Å². The molecule has 1 aromatic rings. The standard InChI is InChI=1S/C20H27N3O5S/c1-13-18(29(26,27)22-8-5-14-15(9-22)16(14)10-28-2)4-3-17(19(13)23(24)25)21-11-20(12-21)6-7-20/h3-4,14-16H,5-12H2,1-2H3/t14-,15+,16+/m0/s1. The highest BCUT2D eigenvalue weighted by Gasteiger charge is 2.55. The molecule has 1 aromatic carbocycles. The van der Waals surface area contributed by atoms with Crippen LogP contribution in [0.25, 0.3) is 0 Å². The number of nitrogens with zero attached hydrogens (tertiary/aromatic N) is 3. The fourth-order valence-electron chi connectivity index (χ4n) is 5.50. The number of sulfonamides is 1. The van der Waals surface area contributed by atoms with E-state index in [9.17, 15) is 18.5 Å². The number of rotatable bonds is 6. The van der Waals surface area contributed by atoms with Crippen molar-refractivity contribution in [2.75, 3.05) is 44.8 Å². The Kier molecular flexibility index (Phi) is 4.25. The molecule has 0 unspecified atom stereocenters. The molecule has 158 valence electrons. The van der Waals surface area contributed by atoms with Gasteiger partial charge in [0.2, 0.25) is 10.0 Å². The third-order valence-electron chi connectivity index (χ3n) is 7.51. The Morgan fingerprint density at radius 3 is 2.62 bits per heavy atom. The van der Waals surface area contributed by atoms with E-state index in [1.54, 1.807) is 26.2 Å². The van der Waals surface area contributed by atoms with Crippen LogP contribution in [0.5, 0.6) is 0 Å². The van der Waals surface area contributed by atoms with Crippen LogP contribution >= 0.6 is 0 Å². The highest BCUT2D eigenvalue weighted by atomic mass is 32.2. The first kappa shape index (κ1) is 19.3. The maximum absolute atomic E-state index is 13.3. The zero-order valence-corrected chi connectivity index (χ0v) is 17.7. The van der Waals surface area contributed by atoms with Gasteiger partial charge in [-0.05, 0) is 56.1 Å². The fraction of sp³-hybridized carbons (Fsp3) is 0.700. The van der Waals surface area contributed by atoms with Gasteiger partial charge >= 0.3 is 0 Å². The van der Waals surface area contributed by atoms with Crippen LogP contribution in [-0.2, 0) is 14.8 Å². The van der Waals surface area contributed by atoms with Crippen LogP contribution in [0.15, 0.2) is 17.0 Å². The van der Waals surface area contributed by atoms with E-state index in [0.29, 0.717) is 48.6 Å². The Hall–Kier alpha value is -1.71. The number of fused-ring (bicyclic) bond motifs is 1. The average Bonchev–Trinajstić information content (AvgIpc) is 3.55. The fourth-order valence-corrected chi connectivity index (χ4v) is 7.22. The SMILES string of the molecule is COC[C@@H]1[C@H]2CCN(S(=O)(=O)c3ccc(N4CC5(CC5)C4)c([N+](=O)[O-])c3C)C[C@H]21. The van der Waals surface area contributed by atoms with Gasteiger partial charge < -0.3 is 9.64 Å². The number of benzene rings is 1. The Balaban J connectivity index is 1.43. The largest absolute Gasteiger partial charge is 0.384 e. The van der Waals surface area contributed by atoms with Crippen molar-refractivity contribution in [3.8, 4) is 0 Å². The van der Waals surface area contributed by atoms with Crippen LogP contribution in [-0.4, -0.2) is 57.5 Å². The van der Waals surface area contributed by atoms with Crippen LogP contribution in [0.4, 0.5) is 11.4 Å². The van der Waals surface area contributed by atoms with Gasteiger partial charge in [0.1, 0.15) is 5.69 Å². The van der Waals surface area contributed by atoms with Crippen molar-refractivity contribution in [1.29, 1.82) is 0 Å². The summed E-state index contributed by atoms with van der Waals surface area (Å²) < 4.78 is 33.5. The Labute approximate surface area is 171 Å². The molecule has 0 aromatic heterocycles. The van der Waals surface area contributed by atoms with E-state index in [1.807, 2.05) is 4.90 Å². The number of hydrogen-bond donors (Lipinski definition) is 0. The van der Waals surface area contributed by atoms with Crippen molar-refractivity contribution in [2.45, 2.75) is 31.1 Å². The first-order valence-electron chi connectivity index (χ1n) is 10.3. The van der Waals surface area contributed by atoms with Gasteiger partial charge in [0.25, 0.3) is 5.69 Å². The first-order valence-corrected chi connectivity index (χ1v) is 11.7. The second kappa shape index (κ2) is 6.39. The van der Waals surface area contributed by atoms with Gasteiger partial charge in [-0.3, -0.25) is 10.1 Å². The molecule has 2 saturated carbocycles. The molecule has 0 amide bonds. The van der Waals surface area contributed by atoms with Crippen molar-refractivity contribution in [1.82, 2.24) is 4.31 Å². The normalized spacial score (nSPS) is 30.0. The van der Waals surface area contributed by atoms with Crippen molar-refractivity contribution >= 4 is 21.4 Å². The molecule has 1 spiro atoms. The molecule has 0 N–H and O–H groups in total. The Bertz CT molecular complexity index is 967. The number of nitro groups is 1. The van der Waals surface area contributed by atoms with Gasteiger partial charge in [-0.25, -0.2) is 8.42 Å². The van der Waals surface area contributed by atoms with Crippen LogP contribution in [0, 0.1) is 40.2 Å². The number of piperidine rings is 1. The number of methoxy groups -OCH3 is 1. The molecule has 29 heavy (non-hydrogen) atoms. The zero-order chi connectivity index (χ0) is 20.6. The van der Waals surface area contributed by atoms with Gasteiger partial charge in [-0.2, -0.15) is 4.31 Å². The second-order valence-electron chi connectivity index (χ2n) is 9.27. The van der Waals surface area contributed by atoms with Crippen molar-refractivity contribution < 1.29 is 18.1 Å². The highest BCUT2D eigenvalue weighted by molar-refractivity contribution is 7.89. The number of ether oxygens (including phenoxy) is 1. The summed E-state index contributed by atoms with van der Waals surface area (Å²) in [4.78, 5) is 13.5. The van der Waals surface area contributed by atoms with Gasteiger partial charge in [0.05, 0.1) is 9.82 Å². The lowest BCUT2D eigenvalue weighted by molar-refractivity contribution is -0.384. The lowest BCUT2D eigenvalue weighted by Crippen LogP contribution is -2.48. The summed E-state index contributed by atoms with van der Waals surface area (Å²) in [7, 11) is -2.09. The summed E-state index contributed by atoms with van der Waals surface area (Å²) in [5.41, 5.74) is 1.08. The molecule has 3 atom stereocenters. The monoisotopic (exact) mass is 421 g/mol. The third-order valence-corrected chi connectivity index (χ3v) is 9.51. The molecule has 2 heterocycles. The minimum absolute atomic E-state index is 0.0667. The summed E-state index contributed by atoms with van der Waals surface area (Å²) in [6, 6.07) is 3.20. The molecule has 4 aliphatic rings. The average molecular weight is 422 g/mol. The molecular formula is C20H27N3O5S. The van der Waals surface area contributed by atoms with Crippen LogP contribution in [0.2, 0.25) is 0 Å². The van der Waals surface area contributed by atoms with Crippen molar-refractivity contribution in [2.24, 2.45) is 23.2 Å². The zero-order valence-electron chi connectivity index (χ0n) is 16.8. The minimum Gasteiger partial charge on any atom is -0.384 e. The molecule has 9 heteroatoms. The topological polar surface area (TPSA) is 93.0 Å². The summed E-state index contributed by atoms with van der Waals surface area (Å²) in [6.07, 6.45) is 3.20. The molecule has 2 aliphatic carbocycles. The molecule has 0 radical (unpaired) electrons. The van der Waals surface area contributed by atoms with Crippen molar-refractivity contribution in [3.63, 3.8) is 0 Å². The number of anilines is 1. The molecular weight excluding hydrogens is 394 g/mol. The molecule has 2 aliphatic heterocycles. The van der Waals surface area contributed by atoms with E-state index in [-0.39, 0.29) is 16.1 Å². The van der Waals surface area contributed by atoms with Gasteiger partial charge in [-0.15, -0.1) is 0 Å². The summed E-state index contributed by atoms with van der Waals surface area (Å²) >= 11 is 0. The smallest absolute Gasteiger partial charge is 0.296 e. The van der Waals surface area contributed by atoms with E-state index in [1.165, 1.54) is 17.1 Å². The van der Waals surface area contributed by atoms with E-state index >= 15 is 0 Å². The molecule has 8 nitrogen and oxygen atoms in total. The molecule has 2 saturated heterocycles. The predicted molar refractivity (Wildman–Crippen MR) is 107 cm³/mol. The van der Waals surface area contributed by atoms with Gasteiger partial charge in [-0.1, -0.05) is 0 Å². The maximum atomic E-state index is 13.3. The summed E-state index contributed by atoms with van der Waals surface area (Å²) in [6.45, 7) is 4.83. The number of nitro benzene ring substituents is 1. The van der Waals surface area contributed by atoms with Crippen LogP contribution < -0.4 is 4.90 Å². The lowest BCUT2D eigenvalue weighted by Gasteiger charge is -2.41. The van der Waals surface area contributed by atoms with E-state index in [0.717, 1.165) is 19.5 Å². The minimum atomic E-state index is -3.77. The van der Waals surface area contributed by atoms with Crippen LogP contribution in [0.1, 0.15) is 24.8 Å². The molecule has 5 rings (SSSR count). The second-order valence-corrected chi connectivity index (χ2v) is 11.2. The van der Waals surface area contributed by atoms with Crippen molar-refractivity contribution in [3.05, 3.63) is 27.8 Å². The third kappa shape index (κ3) is 2.97. The first-order chi connectivity index (χ1) is 13.8. The Morgan fingerprint density at radius 2 is 2.00 bits per heavy atom. The predicted octanol–water partition coefficient (Wildman–Crippen LogP) is 2.41. The molecule has 4 fully saturated rings. The van der Waals surface area contributed by atoms with E-state index in [2.05, 4.69) is 0 Å². The molecule has 0 bridgehead atoms. The van der Waals surface area contributed by atoms with E-state index in [4.69, 9.17) is 4.74 Å².